The smallest absolute Gasteiger partial charge is 0.0623 e. The number of hydrogen-bond donors (Lipinski definition) is 1. The second-order valence-corrected chi connectivity index (χ2v) is 7.47. The SMILES string of the molecule is COC(C)(C)CCC(N)C1(N2CCCCC2)CCCC1. The van der Waals surface area contributed by atoms with Crippen LogP contribution in [0.1, 0.15) is 71.6 Å². The first kappa shape index (κ1) is 16.3. The molecule has 1 aliphatic heterocycles. The zero-order valence-electron chi connectivity index (χ0n) is 13.8. The summed E-state index contributed by atoms with van der Waals surface area (Å²) in [4.78, 5) is 2.74. The molecule has 0 aromatic heterocycles. The van der Waals surface area contributed by atoms with E-state index in [1.165, 1.54) is 58.0 Å². The minimum atomic E-state index is -0.0423. The molecule has 1 unspecified atom stereocenters. The van der Waals surface area contributed by atoms with E-state index in [9.17, 15) is 0 Å². The predicted molar refractivity (Wildman–Crippen MR) is 84.9 cm³/mol. The van der Waals surface area contributed by atoms with Crippen molar-refractivity contribution < 1.29 is 4.74 Å². The summed E-state index contributed by atoms with van der Waals surface area (Å²) >= 11 is 0. The molecule has 0 spiro atoms. The van der Waals surface area contributed by atoms with Gasteiger partial charge in [0.25, 0.3) is 0 Å². The van der Waals surface area contributed by atoms with Gasteiger partial charge in [0.15, 0.2) is 0 Å². The van der Waals surface area contributed by atoms with Gasteiger partial charge >= 0.3 is 0 Å². The molecule has 2 fully saturated rings. The van der Waals surface area contributed by atoms with E-state index in [0.29, 0.717) is 11.6 Å². The molecule has 0 amide bonds. The number of methoxy groups -OCH3 is 1. The summed E-state index contributed by atoms with van der Waals surface area (Å²) in [7, 11) is 1.81. The molecule has 3 heteroatoms. The van der Waals surface area contributed by atoms with Crippen LogP contribution in [-0.4, -0.2) is 42.3 Å². The molecule has 0 aromatic rings. The van der Waals surface area contributed by atoms with Gasteiger partial charge in [-0.15, -0.1) is 0 Å². The Balaban J connectivity index is 2.00. The highest BCUT2D eigenvalue weighted by molar-refractivity contribution is 5.03. The van der Waals surface area contributed by atoms with Crippen molar-refractivity contribution in [3.8, 4) is 0 Å². The molecule has 1 atom stereocenters. The van der Waals surface area contributed by atoms with Crippen LogP contribution in [0.3, 0.4) is 0 Å². The maximum Gasteiger partial charge on any atom is 0.0623 e. The lowest BCUT2D eigenvalue weighted by Crippen LogP contribution is -2.60. The molecule has 0 bridgehead atoms. The first-order valence-electron chi connectivity index (χ1n) is 8.56. The van der Waals surface area contributed by atoms with Crippen LogP contribution in [-0.2, 0) is 4.74 Å². The average Bonchev–Trinajstić information content (AvgIpc) is 2.97. The highest BCUT2D eigenvalue weighted by atomic mass is 16.5. The summed E-state index contributed by atoms with van der Waals surface area (Å²) in [5.74, 6) is 0. The van der Waals surface area contributed by atoms with Crippen LogP contribution in [0.4, 0.5) is 0 Å². The molecular formula is C17H34N2O. The highest BCUT2D eigenvalue weighted by Gasteiger charge is 2.44. The summed E-state index contributed by atoms with van der Waals surface area (Å²) in [6, 6.07) is 0.303. The number of rotatable bonds is 6. The summed E-state index contributed by atoms with van der Waals surface area (Å²) < 4.78 is 5.56. The minimum Gasteiger partial charge on any atom is -0.379 e. The van der Waals surface area contributed by atoms with Gasteiger partial charge in [-0.3, -0.25) is 4.90 Å². The molecule has 3 nitrogen and oxygen atoms in total. The Kier molecular flexibility index (Phi) is 5.49. The number of hydrogen-bond acceptors (Lipinski definition) is 3. The number of nitrogens with two attached hydrogens (primary N) is 1. The van der Waals surface area contributed by atoms with E-state index in [0.717, 1.165) is 12.8 Å². The Bertz CT molecular complexity index is 291. The summed E-state index contributed by atoms with van der Waals surface area (Å²) in [5.41, 5.74) is 6.96. The fraction of sp³-hybridized carbons (Fsp3) is 1.00. The lowest BCUT2D eigenvalue weighted by molar-refractivity contribution is -0.000276. The second-order valence-electron chi connectivity index (χ2n) is 7.47. The maximum absolute atomic E-state index is 6.71. The maximum atomic E-state index is 6.71. The van der Waals surface area contributed by atoms with Gasteiger partial charge in [0.1, 0.15) is 0 Å². The van der Waals surface area contributed by atoms with Crippen LogP contribution in [0.25, 0.3) is 0 Å². The number of piperidine rings is 1. The summed E-state index contributed by atoms with van der Waals surface area (Å²) in [6.07, 6.45) is 11.6. The Hall–Kier alpha value is -0.120. The molecule has 1 aliphatic carbocycles. The van der Waals surface area contributed by atoms with Gasteiger partial charge in [-0.1, -0.05) is 19.3 Å². The quantitative estimate of drug-likeness (QED) is 0.812. The van der Waals surface area contributed by atoms with Crippen molar-refractivity contribution in [2.45, 2.75) is 88.8 Å². The van der Waals surface area contributed by atoms with Crippen LogP contribution in [0.5, 0.6) is 0 Å². The number of ether oxygens (including phenoxy) is 1. The molecule has 2 rings (SSSR count). The molecule has 118 valence electrons. The molecule has 0 radical (unpaired) electrons. The van der Waals surface area contributed by atoms with E-state index in [4.69, 9.17) is 10.5 Å². The third-order valence-electron chi connectivity index (χ3n) is 5.76. The van der Waals surface area contributed by atoms with E-state index in [1.807, 2.05) is 7.11 Å². The van der Waals surface area contributed by atoms with Crippen molar-refractivity contribution in [1.82, 2.24) is 4.90 Å². The van der Waals surface area contributed by atoms with E-state index in [-0.39, 0.29) is 5.60 Å². The van der Waals surface area contributed by atoms with Crippen LogP contribution in [0.15, 0.2) is 0 Å². The fourth-order valence-corrected chi connectivity index (χ4v) is 4.12. The Labute approximate surface area is 125 Å². The van der Waals surface area contributed by atoms with Crippen molar-refractivity contribution in [3.05, 3.63) is 0 Å². The fourth-order valence-electron chi connectivity index (χ4n) is 4.12. The third-order valence-corrected chi connectivity index (χ3v) is 5.76. The van der Waals surface area contributed by atoms with Crippen molar-refractivity contribution >= 4 is 0 Å². The van der Waals surface area contributed by atoms with Crippen molar-refractivity contribution in [3.63, 3.8) is 0 Å². The van der Waals surface area contributed by atoms with Gasteiger partial charge in [0.05, 0.1) is 5.60 Å². The van der Waals surface area contributed by atoms with Crippen LogP contribution in [0, 0.1) is 0 Å². The van der Waals surface area contributed by atoms with Gasteiger partial charge in [-0.05, 0) is 65.5 Å². The van der Waals surface area contributed by atoms with Crippen LogP contribution >= 0.6 is 0 Å². The van der Waals surface area contributed by atoms with Crippen LogP contribution < -0.4 is 5.73 Å². The lowest BCUT2D eigenvalue weighted by Gasteiger charge is -2.48. The van der Waals surface area contributed by atoms with E-state index >= 15 is 0 Å². The first-order chi connectivity index (χ1) is 9.50. The standard InChI is InChI=1S/C17H34N2O/c1-16(2,20-3)12-9-15(18)17(10-5-6-11-17)19-13-7-4-8-14-19/h15H,4-14,18H2,1-3H3. The zero-order chi connectivity index (χ0) is 14.6. The molecular weight excluding hydrogens is 248 g/mol. The summed E-state index contributed by atoms with van der Waals surface area (Å²) in [6.45, 7) is 6.87. The van der Waals surface area contributed by atoms with E-state index < -0.39 is 0 Å². The Morgan fingerprint density at radius 1 is 1.10 bits per heavy atom. The predicted octanol–water partition coefficient (Wildman–Crippen LogP) is 3.32. The monoisotopic (exact) mass is 282 g/mol. The van der Waals surface area contributed by atoms with Gasteiger partial charge in [-0.25, -0.2) is 0 Å². The first-order valence-corrected chi connectivity index (χ1v) is 8.56. The largest absolute Gasteiger partial charge is 0.379 e. The van der Waals surface area contributed by atoms with Gasteiger partial charge in [0, 0.05) is 18.7 Å². The van der Waals surface area contributed by atoms with E-state index in [1.54, 1.807) is 0 Å². The molecule has 0 aromatic carbocycles. The third kappa shape index (κ3) is 3.55. The molecule has 2 N–H and O–H groups in total. The van der Waals surface area contributed by atoms with Crippen molar-refractivity contribution in [2.24, 2.45) is 5.73 Å². The van der Waals surface area contributed by atoms with Gasteiger partial charge in [-0.2, -0.15) is 0 Å². The Morgan fingerprint density at radius 3 is 2.25 bits per heavy atom. The summed E-state index contributed by atoms with van der Waals surface area (Å²) in [5, 5.41) is 0. The van der Waals surface area contributed by atoms with Crippen molar-refractivity contribution in [1.29, 1.82) is 0 Å². The van der Waals surface area contributed by atoms with Crippen molar-refractivity contribution in [2.75, 3.05) is 20.2 Å². The van der Waals surface area contributed by atoms with Crippen LogP contribution in [0.2, 0.25) is 0 Å². The van der Waals surface area contributed by atoms with E-state index in [2.05, 4.69) is 18.7 Å². The molecule has 20 heavy (non-hydrogen) atoms. The molecule has 1 heterocycles. The molecule has 1 saturated carbocycles. The number of likely N-dealkylation sites (tertiary alicyclic amines) is 1. The van der Waals surface area contributed by atoms with Gasteiger partial charge in [0.2, 0.25) is 0 Å². The van der Waals surface area contributed by atoms with Gasteiger partial charge < -0.3 is 10.5 Å². The molecule has 2 aliphatic rings. The highest BCUT2D eigenvalue weighted by Crippen LogP contribution is 2.40. The Morgan fingerprint density at radius 2 is 1.70 bits per heavy atom. The average molecular weight is 282 g/mol. The minimum absolute atomic E-state index is 0.0423. The second kappa shape index (κ2) is 6.76. The number of nitrogens with zero attached hydrogens (tertiary/aromatic N) is 1. The normalized spacial score (nSPS) is 25.8. The zero-order valence-corrected chi connectivity index (χ0v) is 13.8. The molecule has 1 saturated heterocycles. The lowest BCUT2D eigenvalue weighted by atomic mass is 9.81. The topological polar surface area (TPSA) is 38.5 Å².